The summed E-state index contributed by atoms with van der Waals surface area (Å²) in [5.41, 5.74) is 5.23. The molecular weight excluding hydrogens is 372 g/mol. The average Bonchev–Trinajstić information content (AvgIpc) is 3.36. The summed E-state index contributed by atoms with van der Waals surface area (Å²) in [6.45, 7) is 2.11. The van der Waals surface area contributed by atoms with Crippen LogP contribution in [-0.4, -0.2) is 27.6 Å². The van der Waals surface area contributed by atoms with Gasteiger partial charge in [-0.05, 0) is 25.1 Å². The fraction of sp³-hybridized carbons (Fsp3) is 0.190. The van der Waals surface area contributed by atoms with E-state index in [1.165, 1.54) is 11.3 Å². The van der Waals surface area contributed by atoms with Crippen molar-refractivity contribution in [2.24, 2.45) is 0 Å². The molecule has 0 aliphatic rings. The van der Waals surface area contributed by atoms with Gasteiger partial charge in [0.15, 0.2) is 5.82 Å². The van der Waals surface area contributed by atoms with Crippen LogP contribution in [0, 0.1) is 0 Å². The molecule has 1 atom stereocenters. The summed E-state index contributed by atoms with van der Waals surface area (Å²) in [5.74, 6) is 1.35. The Hall–Kier alpha value is -3.19. The van der Waals surface area contributed by atoms with Gasteiger partial charge in [-0.1, -0.05) is 30.3 Å². The minimum atomic E-state index is -0.179. The summed E-state index contributed by atoms with van der Waals surface area (Å²) in [7, 11) is 1.63. The number of benzene rings is 2. The summed E-state index contributed by atoms with van der Waals surface area (Å²) in [6.07, 6.45) is 0. The van der Waals surface area contributed by atoms with Crippen LogP contribution in [-0.2, 0) is 11.3 Å². The van der Waals surface area contributed by atoms with Crippen LogP contribution in [0.25, 0.3) is 22.6 Å². The molecule has 0 bridgehead atoms. The van der Waals surface area contributed by atoms with E-state index in [1.54, 1.807) is 12.6 Å². The second kappa shape index (κ2) is 7.82. The quantitative estimate of drug-likeness (QED) is 0.538. The third-order valence-corrected chi connectivity index (χ3v) is 5.19. The number of para-hydroxylation sites is 3. The van der Waals surface area contributed by atoms with Crippen LogP contribution in [0.5, 0.6) is 5.75 Å². The normalized spacial score (nSPS) is 12.1. The highest BCUT2D eigenvalue weighted by molar-refractivity contribution is 7.07. The van der Waals surface area contributed by atoms with E-state index in [9.17, 15) is 4.79 Å². The Morgan fingerprint density at radius 3 is 2.79 bits per heavy atom. The molecule has 0 aliphatic carbocycles. The molecule has 6 nitrogen and oxygen atoms in total. The minimum absolute atomic E-state index is 0.0990. The maximum Gasteiger partial charge on any atom is 0.240 e. The largest absolute Gasteiger partial charge is 0.496 e. The number of carbonyl (C=O) groups excluding carboxylic acids is 1. The van der Waals surface area contributed by atoms with E-state index in [4.69, 9.17) is 4.74 Å². The number of aromatic nitrogens is 3. The molecule has 1 amide bonds. The van der Waals surface area contributed by atoms with Crippen molar-refractivity contribution in [3.05, 3.63) is 65.0 Å². The first-order valence-electron chi connectivity index (χ1n) is 8.93. The number of thiazole rings is 1. The Morgan fingerprint density at radius 1 is 1.21 bits per heavy atom. The number of nitrogens with zero attached hydrogens (tertiary/aromatic N) is 3. The summed E-state index contributed by atoms with van der Waals surface area (Å²) in [6, 6.07) is 15.3. The third kappa shape index (κ3) is 3.48. The average molecular weight is 392 g/mol. The first kappa shape index (κ1) is 18.2. The molecule has 1 N–H and O–H groups in total. The molecule has 0 unspecified atom stereocenters. The van der Waals surface area contributed by atoms with Crippen LogP contribution in [0.3, 0.4) is 0 Å². The second-order valence-corrected chi connectivity index (χ2v) is 7.13. The highest BCUT2D eigenvalue weighted by Gasteiger charge is 2.18. The molecule has 28 heavy (non-hydrogen) atoms. The Kier molecular flexibility index (Phi) is 5.08. The number of carbonyl (C=O) groups is 1. The van der Waals surface area contributed by atoms with Crippen LogP contribution < -0.4 is 10.1 Å². The molecule has 2 aromatic heterocycles. The fourth-order valence-electron chi connectivity index (χ4n) is 3.29. The molecule has 0 aliphatic heterocycles. The number of imidazole rings is 1. The molecule has 142 valence electrons. The predicted octanol–water partition coefficient (Wildman–Crippen LogP) is 4.05. The molecule has 7 heteroatoms. The molecule has 0 saturated carbocycles. The van der Waals surface area contributed by atoms with Gasteiger partial charge in [0.1, 0.15) is 18.0 Å². The van der Waals surface area contributed by atoms with Gasteiger partial charge < -0.3 is 14.6 Å². The number of hydrogen-bond acceptors (Lipinski definition) is 5. The van der Waals surface area contributed by atoms with Gasteiger partial charge >= 0.3 is 0 Å². The van der Waals surface area contributed by atoms with Crippen molar-refractivity contribution in [2.45, 2.75) is 19.5 Å². The SMILES string of the molecule is COc1ccccc1[C@@H](C)NC(=O)Cn1c(-c2cscn2)nc2ccccc21. The molecule has 2 heterocycles. The third-order valence-electron chi connectivity index (χ3n) is 4.60. The smallest absolute Gasteiger partial charge is 0.240 e. The van der Waals surface area contributed by atoms with E-state index in [0.717, 1.165) is 28.0 Å². The monoisotopic (exact) mass is 392 g/mol. The van der Waals surface area contributed by atoms with Crippen molar-refractivity contribution < 1.29 is 9.53 Å². The van der Waals surface area contributed by atoms with Crippen molar-refractivity contribution in [3.8, 4) is 17.3 Å². The minimum Gasteiger partial charge on any atom is -0.496 e. The van der Waals surface area contributed by atoms with Crippen molar-refractivity contribution in [3.63, 3.8) is 0 Å². The lowest BCUT2D eigenvalue weighted by Crippen LogP contribution is -2.30. The van der Waals surface area contributed by atoms with Crippen LogP contribution in [0.15, 0.2) is 59.4 Å². The molecule has 2 aromatic carbocycles. The lowest BCUT2D eigenvalue weighted by molar-refractivity contribution is -0.122. The van der Waals surface area contributed by atoms with Crippen molar-refractivity contribution in [1.29, 1.82) is 0 Å². The first-order valence-corrected chi connectivity index (χ1v) is 9.87. The van der Waals surface area contributed by atoms with Gasteiger partial charge in [0, 0.05) is 10.9 Å². The first-order chi connectivity index (χ1) is 13.7. The number of rotatable bonds is 6. The van der Waals surface area contributed by atoms with Gasteiger partial charge in [0.05, 0.1) is 29.7 Å². The molecule has 0 spiro atoms. The zero-order valence-corrected chi connectivity index (χ0v) is 16.4. The Labute approximate surface area is 166 Å². The number of methoxy groups -OCH3 is 1. The predicted molar refractivity (Wildman–Crippen MR) is 110 cm³/mol. The molecule has 0 saturated heterocycles. The molecular formula is C21H20N4O2S. The zero-order valence-electron chi connectivity index (χ0n) is 15.6. The van der Waals surface area contributed by atoms with E-state index >= 15 is 0 Å². The summed E-state index contributed by atoms with van der Waals surface area (Å²) < 4.78 is 7.32. The Morgan fingerprint density at radius 2 is 2.00 bits per heavy atom. The highest BCUT2D eigenvalue weighted by atomic mass is 32.1. The molecule has 4 aromatic rings. The number of fused-ring (bicyclic) bond motifs is 1. The summed E-state index contributed by atoms with van der Waals surface area (Å²) in [4.78, 5) is 21.9. The van der Waals surface area contributed by atoms with Crippen molar-refractivity contribution in [1.82, 2.24) is 19.9 Å². The maximum absolute atomic E-state index is 12.8. The van der Waals surface area contributed by atoms with Gasteiger partial charge in [0.25, 0.3) is 0 Å². The summed E-state index contributed by atoms with van der Waals surface area (Å²) >= 11 is 1.51. The maximum atomic E-state index is 12.8. The Bertz CT molecular complexity index is 1100. The molecule has 4 rings (SSSR count). The van der Waals surface area contributed by atoms with Crippen LogP contribution in [0.2, 0.25) is 0 Å². The van der Waals surface area contributed by atoms with E-state index in [1.807, 2.05) is 65.4 Å². The Balaban J connectivity index is 1.61. The summed E-state index contributed by atoms with van der Waals surface area (Å²) in [5, 5.41) is 5.00. The van der Waals surface area contributed by atoms with E-state index < -0.39 is 0 Å². The van der Waals surface area contributed by atoms with E-state index in [0.29, 0.717) is 5.82 Å². The van der Waals surface area contributed by atoms with Gasteiger partial charge in [-0.25, -0.2) is 9.97 Å². The second-order valence-electron chi connectivity index (χ2n) is 6.42. The molecule has 0 radical (unpaired) electrons. The number of nitrogens with one attached hydrogen (secondary N) is 1. The van der Waals surface area contributed by atoms with Crippen LogP contribution in [0.1, 0.15) is 18.5 Å². The van der Waals surface area contributed by atoms with Crippen molar-refractivity contribution in [2.75, 3.05) is 7.11 Å². The van der Waals surface area contributed by atoms with Crippen LogP contribution >= 0.6 is 11.3 Å². The number of amides is 1. The standard InChI is InChI=1S/C21H20N4O2S/c1-14(15-7-3-6-10-19(15)27-2)23-20(26)11-25-18-9-5-4-8-16(18)24-21(25)17-12-28-13-22-17/h3-10,12-14H,11H2,1-2H3,(H,23,26)/t14-/m1/s1. The van der Waals surface area contributed by atoms with Gasteiger partial charge in [0.2, 0.25) is 5.91 Å². The fourth-order valence-corrected chi connectivity index (χ4v) is 3.82. The highest BCUT2D eigenvalue weighted by Crippen LogP contribution is 2.26. The lowest BCUT2D eigenvalue weighted by Gasteiger charge is -2.18. The van der Waals surface area contributed by atoms with Crippen LogP contribution in [0.4, 0.5) is 0 Å². The lowest BCUT2D eigenvalue weighted by atomic mass is 10.1. The van der Waals surface area contributed by atoms with Crippen molar-refractivity contribution >= 4 is 28.3 Å². The van der Waals surface area contributed by atoms with E-state index in [-0.39, 0.29) is 18.5 Å². The van der Waals surface area contributed by atoms with E-state index in [2.05, 4.69) is 15.3 Å². The van der Waals surface area contributed by atoms with Gasteiger partial charge in [-0.2, -0.15) is 0 Å². The zero-order chi connectivity index (χ0) is 19.5. The van der Waals surface area contributed by atoms with Gasteiger partial charge in [-0.3, -0.25) is 4.79 Å². The molecule has 0 fully saturated rings. The van der Waals surface area contributed by atoms with Gasteiger partial charge in [-0.15, -0.1) is 11.3 Å². The number of hydrogen-bond donors (Lipinski definition) is 1. The topological polar surface area (TPSA) is 69.0 Å². The number of ether oxygens (including phenoxy) is 1.